The molecule has 35 heteroatoms. The number of carboxylic acids is 1. The van der Waals surface area contributed by atoms with Crippen molar-refractivity contribution >= 4 is 126 Å². The van der Waals surface area contributed by atoms with Crippen molar-refractivity contribution in [1.82, 2.24) is 34.9 Å². The smallest absolute Gasteiger partial charge is 0.862 e. The van der Waals surface area contributed by atoms with Crippen LogP contribution in [0.15, 0.2) is 53.5 Å². The third-order valence-electron chi connectivity index (χ3n) is 15.1. The molecule has 90 heavy (non-hydrogen) atoms. The number of nitrogens with zero attached hydrogens (tertiary/aromatic N) is 7. The van der Waals surface area contributed by atoms with E-state index in [-0.39, 0.29) is 83.6 Å². The van der Waals surface area contributed by atoms with E-state index in [0.29, 0.717) is 22.8 Å². The molecule has 8 rings (SSSR count). The molecular formula is C55H68FeN11O19P3S+2. The molecule has 484 valence electrons. The Morgan fingerprint density at radius 3 is 2.12 bits per heavy atom. The summed E-state index contributed by atoms with van der Waals surface area (Å²) < 4.78 is 63.1. The van der Waals surface area contributed by atoms with Crippen LogP contribution in [0.5, 0.6) is 0 Å². The number of nitrogens with two attached hydrogens (primary N) is 1. The van der Waals surface area contributed by atoms with Crippen molar-refractivity contribution < 1.29 is 113 Å². The molecular weight excluding hydrogens is 1300 g/mol. The van der Waals surface area contributed by atoms with Gasteiger partial charge in [0.2, 0.25) is 11.7 Å². The van der Waals surface area contributed by atoms with Gasteiger partial charge >= 0.3 is 46.2 Å². The molecule has 0 aliphatic carbocycles. The van der Waals surface area contributed by atoms with Crippen molar-refractivity contribution in [1.29, 1.82) is 0 Å². The van der Waals surface area contributed by atoms with E-state index < -0.39 is 97.1 Å². The van der Waals surface area contributed by atoms with Gasteiger partial charge in [-0.25, -0.2) is 28.2 Å². The van der Waals surface area contributed by atoms with Gasteiger partial charge in [0.05, 0.1) is 42.1 Å². The maximum Gasteiger partial charge on any atom is 4.00 e. The average Bonchev–Trinajstić information content (AvgIpc) is 2.45. The average molecular weight is 1370 g/mol. The molecule has 3 aliphatic rings. The summed E-state index contributed by atoms with van der Waals surface area (Å²) in [5.74, 6) is -2.88. The fourth-order valence-electron chi connectivity index (χ4n) is 10.3. The summed E-state index contributed by atoms with van der Waals surface area (Å²) in [6, 6.07) is 7.82. The summed E-state index contributed by atoms with van der Waals surface area (Å²) in [7, 11) is -16.6. The number of aryl methyl sites for hydroxylation is 3. The Bertz CT molecular complexity index is 4050. The first-order valence-corrected chi connectivity index (χ1v) is 33.3. The molecule has 0 aromatic carbocycles. The van der Waals surface area contributed by atoms with E-state index in [1.807, 2.05) is 39.0 Å². The Kier molecular flexibility index (Phi) is 23.2. The van der Waals surface area contributed by atoms with Crippen LogP contribution in [-0.4, -0.2) is 144 Å². The van der Waals surface area contributed by atoms with Crippen molar-refractivity contribution in [2.24, 2.45) is 15.4 Å². The van der Waals surface area contributed by atoms with Crippen molar-refractivity contribution in [3.63, 3.8) is 0 Å². The molecule has 30 nitrogen and oxygen atoms in total. The van der Waals surface area contributed by atoms with Gasteiger partial charge in [0.1, 0.15) is 18.3 Å². The second kappa shape index (κ2) is 29.2. The quantitative estimate of drug-likeness (QED) is 0.00895. The Morgan fingerprint density at radius 1 is 0.867 bits per heavy atom. The number of aromatic amines is 3. The van der Waals surface area contributed by atoms with Crippen LogP contribution in [0.1, 0.15) is 118 Å². The van der Waals surface area contributed by atoms with Gasteiger partial charge in [0, 0.05) is 64.3 Å². The number of aliphatic hydroxyl groups excluding tert-OH is 2. The second-order valence-corrected chi connectivity index (χ2v) is 27.1. The molecule has 7 atom stereocenters. The van der Waals surface area contributed by atoms with Gasteiger partial charge in [0.15, 0.2) is 23.6 Å². The number of anilines is 1. The van der Waals surface area contributed by atoms with Gasteiger partial charge < -0.3 is 80.3 Å². The van der Waals surface area contributed by atoms with Gasteiger partial charge in [-0.15, -0.1) is 0 Å². The number of aliphatic hydroxyl groups is 2. The normalized spacial score (nSPS) is 19.3. The van der Waals surface area contributed by atoms with Gasteiger partial charge in [0.25, 0.3) is 0 Å². The van der Waals surface area contributed by atoms with Crippen LogP contribution in [-0.2, 0) is 69.4 Å². The minimum atomic E-state index is -5.64. The van der Waals surface area contributed by atoms with Crippen molar-refractivity contribution in [2.45, 2.75) is 118 Å². The second-order valence-electron chi connectivity index (χ2n) is 21.7. The molecule has 1 fully saturated rings. The number of phosphoric ester groups is 3. The number of thioether (sulfide) groups is 1. The standard InChI is InChI=1S/C55H70N11O19P3S.Fe/c1-9-31-27(3)35-19-36-29(5)33(11-13-45(68)69)41(64-36)22-42-34(30(6)38(65-42)21-40-32(10-2)28(4)37(63-40)20-39(31)62-35)12-14-46(70)89-18-17-57-44(67)15-16-58-53(73)50(72)55(7,8)24-82-88(79,80)85-87(77,78)81-23-43-49(84-86(74,75)76)48(71)54(83-43)66-26-61-47-51(56)59-25-60-52(47)66;/h10,19-22,25-26,43,48-50,54,71-72H,2,9,11-18,23-24H2,1,3-8H3,(H11,56,57,58,59,60,62,63,64,65,67,68,69,73,74,75,76,77,78,79,80);/q;+4/p-2. The summed E-state index contributed by atoms with van der Waals surface area (Å²) in [6.07, 6.45) is -4.30. The van der Waals surface area contributed by atoms with E-state index in [1.54, 1.807) is 6.08 Å². The van der Waals surface area contributed by atoms with Crippen molar-refractivity contribution in [2.75, 3.05) is 37.8 Å². The zero-order chi connectivity index (χ0) is 65.1. The number of H-pyrrole nitrogens is 3. The molecule has 0 radical (unpaired) electrons. The number of phosphoric acid groups is 3. The van der Waals surface area contributed by atoms with Gasteiger partial charge in [-0.3, -0.25) is 23.3 Å². The molecule has 0 spiro atoms. The first-order valence-electron chi connectivity index (χ1n) is 27.8. The molecule has 0 amide bonds. The van der Waals surface area contributed by atoms with Gasteiger partial charge in [-0.1, -0.05) is 50.2 Å². The number of hydrogen-bond acceptors (Lipinski definition) is 23. The largest absolute Gasteiger partial charge is 4.00 e. The summed E-state index contributed by atoms with van der Waals surface area (Å²) in [4.78, 5) is 100. The summed E-state index contributed by atoms with van der Waals surface area (Å²) >= 11 is 0.974. The van der Waals surface area contributed by atoms with E-state index in [2.05, 4.69) is 65.7 Å². The Labute approximate surface area is 529 Å². The number of ether oxygens (including phenoxy) is 1. The van der Waals surface area contributed by atoms with Crippen LogP contribution in [0.25, 0.3) is 61.6 Å². The maximum absolute atomic E-state index is 13.4. The topological polar surface area (TPSA) is 476 Å². The zero-order valence-corrected chi connectivity index (χ0v) is 54.3. The number of nitrogens with one attached hydrogen (secondary N) is 3. The van der Waals surface area contributed by atoms with Crippen molar-refractivity contribution in [3.05, 3.63) is 88.5 Å². The Balaban J connectivity index is 0.0000115. The summed E-state index contributed by atoms with van der Waals surface area (Å²) in [5.41, 5.74) is 17.5. The molecule has 8 bridgehead atoms. The number of carbonyl (C=O) groups is 2. The van der Waals surface area contributed by atoms with E-state index >= 15 is 0 Å². The third-order valence-corrected chi connectivity index (χ3v) is 19.2. The van der Waals surface area contributed by atoms with Crippen LogP contribution < -0.4 is 25.6 Å². The minimum Gasteiger partial charge on any atom is -0.862 e. The van der Waals surface area contributed by atoms with E-state index in [9.17, 15) is 68.4 Å². The number of allylic oxidation sites excluding steroid dienone is 4. The SMILES string of the molecule is C=Cc1c(C)c2cc3[nH]c(cc4nc(cc5nc(cc1[nH]2)C(C)=C5CCC(=O)SCCN=C([O-])CCN=C([O-])C(O)C(C)(C)COP(=O)(O)OP(=O)(O)OCC1OC([n+]2c[nH]c5c(N)ncnc52)C(O)C1OP(=O)(O)O)C(CCC(=O)[O-])=C4C)c(C)c3CC.[Fe+4]. The number of imidazole rings is 1. The van der Waals surface area contributed by atoms with Crippen LogP contribution in [0.4, 0.5) is 5.82 Å². The number of aromatic nitrogens is 8. The number of carbonyl (C=O) groups excluding carboxylic acids is 2. The molecule has 5 aromatic heterocycles. The monoisotopic (exact) mass is 1370 g/mol. The van der Waals surface area contributed by atoms with Crippen LogP contribution in [0, 0.1) is 19.3 Å². The fourth-order valence-corrected chi connectivity index (χ4v) is 13.8. The Morgan fingerprint density at radius 2 is 1.49 bits per heavy atom. The molecule has 7 unspecified atom stereocenters. The number of nitrogen functional groups attached to an aromatic ring is 1. The minimum absolute atomic E-state index is 0. The van der Waals surface area contributed by atoms with Gasteiger partial charge in [-0.2, -0.15) is 9.29 Å². The third kappa shape index (κ3) is 16.9. The number of aliphatic imine (C=N–C) groups is 2. The van der Waals surface area contributed by atoms with Gasteiger partial charge in [-0.05, 0) is 135 Å². The first-order chi connectivity index (χ1) is 41.8. The predicted octanol–water partition coefficient (Wildman–Crippen LogP) is 3.69. The van der Waals surface area contributed by atoms with E-state index in [0.717, 1.165) is 91.1 Å². The molecule has 0 saturated carbocycles. The summed E-state index contributed by atoms with van der Waals surface area (Å²) in [5, 5.41) is 59.0. The van der Waals surface area contributed by atoms with Crippen LogP contribution >= 0.6 is 35.2 Å². The van der Waals surface area contributed by atoms with Crippen LogP contribution in [0.3, 0.4) is 0 Å². The first kappa shape index (κ1) is 71.3. The predicted molar refractivity (Wildman–Crippen MR) is 323 cm³/mol. The van der Waals surface area contributed by atoms with E-state index in [1.165, 1.54) is 24.7 Å². The summed E-state index contributed by atoms with van der Waals surface area (Å²) in [6.45, 7) is 13.9. The number of hydrogen-bond donors (Lipinski definition) is 10. The molecule has 11 N–H and O–H groups in total. The number of rotatable bonds is 27. The van der Waals surface area contributed by atoms with E-state index in [4.69, 9.17) is 34.0 Å². The maximum atomic E-state index is 13.4. The molecule has 8 heterocycles. The Hall–Kier alpha value is -6.11. The zero-order valence-electron chi connectivity index (χ0n) is 49.7. The fraction of sp³-hybridized carbons (Fsp3) is 0.436. The van der Waals surface area contributed by atoms with Crippen LogP contribution in [0.2, 0.25) is 0 Å². The van der Waals surface area contributed by atoms with Crippen molar-refractivity contribution in [3.8, 4) is 0 Å². The molecule has 1 saturated heterocycles. The number of aliphatic carboxylic acids is 1. The number of fused-ring (bicyclic) bond motifs is 9. The molecule has 3 aliphatic heterocycles. The number of carboxylic acid groups (broad SMARTS) is 1. The molecule has 5 aromatic rings.